The van der Waals surface area contributed by atoms with Gasteiger partial charge in [-0.05, 0) is 38.5 Å². The van der Waals surface area contributed by atoms with E-state index in [0.717, 1.165) is 11.1 Å². The minimum atomic E-state index is -0.777. The first kappa shape index (κ1) is 17.0. The Kier molecular flexibility index (Phi) is 5.01. The van der Waals surface area contributed by atoms with E-state index in [2.05, 4.69) is 5.32 Å². The fourth-order valence-corrected chi connectivity index (χ4v) is 2.26. The number of aliphatic hydroxyl groups is 1. The molecule has 0 saturated carbocycles. The molecule has 0 unspecified atom stereocenters. The summed E-state index contributed by atoms with van der Waals surface area (Å²) in [5.74, 6) is -0.479. The lowest BCUT2D eigenvalue weighted by atomic mass is 10.1. The van der Waals surface area contributed by atoms with Crippen LogP contribution >= 0.6 is 0 Å². The number of hydrogen-bond acceptors (Lipinski definition) is 3. The van der Waals surface area contributed by atoms with Crippen LogP contribution in [0.5, 0.6) is 0 Å². The monoisotopic (exact) mass is 314 g/mol. The van der Waals surface area contributed by atoms with E-state index in [-0.39, 0.29) is 17.7 Å². The molecule has 1 aromatic heterocycles. The molecule has 0 spiro atoms. The molecule has 0 saturated heterocycles. The normalized spacial score (nSPS) is 11.3. The number of carbonyl (C=O) groups is 1. The van der Waals surface area contributed by atoms with E-state index < -0.39 is 11.4 Å². The maximum Gasteiger partial charge on any atom is 0.263 e. The standard InChI is InChI=1S/C18H22N2O3/c1-13-6-4-7-14(10-13)11-20-9-5-8-15(17(20)23)16(22)19-18(2,3)12-21/h4-10,21H,11-12H2,1-3H3,(H,19,22). The van der Waals surface area contributed by atoms with Gasteiger partial charge < -0.3 is 15.0 Å². The van der Waals surface area contributed by atoms with Gasteiger partial charge in [0.2, 0.25) is 0 Å². The number of aromatic nitrogens is 1. The molecule has 5 heteroatoms. The molecule has 0 fully saturated rings. The van der Waals surface area contributed by atoms with Crippen LogP contribution in [0.15, 0.2) is 47.4 Å². The third kappa shape index (κ3) is 4.29. The molecule has 0 aliphatic carbocycles. The highest BCUT2D eigenvalue weighted by atomic mass is 16.3. The predicted molar refractivity (Wildman–Crippen MR) is 89.6 cm³/mol. The first-order valence-corrected chi connectivity index (χ1v) is 7.51. The van der Waals surface area contributed by atoms with Crippen LogP contribution in [0.3, 0.4) is 0 Å². The second kappa shape index (κ2) is 6.79. The minimum Gasteiger partial charge on any atom is -0.394 e. The van der Waals surface area contributed by atoms with Crippen molar-refractivity contribution >= 4 is 5.91 Å². The number of nitrogens with zero attached hydrogens (tertiary/aromatic N) is 1. The van der Waals surface area contributed by atoms with Crippen LogP contribution in [0, 0.1) is 6.92 Å². The first-order valence-electron chi connectivity index (χ1n) is 7.51. The summed E-state index contributed by atoms with van der Waals surface area (Å²) in [6.07, 6.45) is 1.67. The number of aliphatic hydroxyl groups excluding tert-OH is 1. The maximum atomic E-state index is 12.5. The van der Waals surface area contributed by atoms with Gasteiger partial charge in [-0.15, -0.1) is 0 Å². The van der Waals surface area contributed by atoms with Crippen LogP contribution in [0.4, 0.5) is 0 Å². The third-order valence-electron chi connectivity index (χ3n) is 3.55. The van der Waals surface area contributed by atoms with E-state index in [1.54, 1.807) is 26.1 Å². The van der Waals surface area contributed by atoms with Gasteiger partial charge >= 0.3 is 0 Å². The summed E-state index contributed by atoms with van der Waals surface area (Å²) in [5.41, 5.74) is 1.07. The quantitative estimate of drug-likeness (QED) is 0.882. The average Bonchev–Trinajstić information content (AvgIpc) is 2.49. The zero-order chi connectivity index (χ0) is 17.0. The topological polar surface area (TPSA) is 71.3 Å². The first-order chi connectivity index (χ1) is 10.8. The summed E-state index contributed by atoms with van der Waals surface area (Å²) in [6.45, 7) is 5.58. The number of pyridine rings is 1. The van der Waals surface area contributed by atoms with Crippen molar-refractivity contribution in [3.63, 3.8) is 0 Å². The van der Waals surface area contributed by atoms with Gasteiger partial charge in [0.25, 0.3) is 11.5 Å². The molecule has 2 aromatic rings. The summed E-state index contributed by atoms with van der Waals surface area (Å²) in [6, 6.07) is 11.1. The Labute approximate surface area is 135 Å². The molecular formula is C18H22N2O3. The van der Waals surface area contributed by atoms with Crippen LogP contribution < -0.4 is 10.9 Å². The highest BCUT2D eigenvalue weighted by Crippen LogP contribution is 2.06. The molecule has 1 heterocycles. The Balaban J connectivity index is 2.28. The molecule has 0 radical (unpaired) electrons. The summed E-state index contributed by atoms with van der Waals surface area (Å²) in [7, 11) is 0. The molecule has 2 N–H and O–H groups in total. The van der Waals surface area contributed by atoms with Crippen molar-refractivity contribution in [2.75, 3.05) is 6.61 Å². The Bertz CT molecular complexity index is 763. The summed E-state index contributed by atoms with van der Waals surface area (Å²) in [5, 5.41) is 11.9. The largest absolute Gasteiger partial charge is 0.394 e. The van der Waals surface area contributed by atoms with Gasteiger partial charge in [0.1, 0.15) is 5.56 Å². The van der Waals surface area contributed by atoms with Crippen molar-refractivity contribution in [1.82, 2.24) is 9.88 Å². The molecule has 1 aromatic carbocycles. The maximum absolute atomic E-state index is 12.5. The van der Waals surface area contributed by atoms with E-state index in [0.29, 0.717) is 6.54 Å². The minimum absolute atomic E-state index is 0.0710. The lowest BCUT2D eigenvalue weighted by Crippen LogP contribution is -2.47. The lowest BCUT2D eigenvalue weighted by Gasteiger charge is -2.23. The molecular weight excluding hydrogens is 292 g/mol. The predicted octanol–water partition coefficient (Wildman–Crippen LogP) is 1.71. The van der Waals surface area contributed by atoms with Crippen molar-refractivity contribution < 1.29 is 9.90 Å². The number of benzene rings is 1. The zero-order valence-electron chi connectivity index (χ0n) is 13.7. The van der Waals surface area contributed by atoms with Gasteiger partial charge in [0.05, 0.1) is 18.7 Å². The zero-order valence-corrected chi connectivity index (χ0v) is 13.7. The second-order valence-corrected chi connectivity index (χ2v) is 6.34. The molecule has 0 aliphatic rings. The average molecular weight is 314 g/mol. The number of amides is 1. The molecule has 0 bridgehead atoms. The number of carbonyl (C=O) groups excluding carboxylic acids is 1. The lowest BCUT2D eigenvalue weighted by molar-refractivity contribution is 0.0867. The molecule has 5 nitrogen and oxygen atoms in total. The van der Waals surface area contributed by atoms with E-state index >= 15 is 0 Å². The summed E-state index contributed by atoms with van der Waals surface area (Å²) < 4.78 is 1.51. The van der Waals surface area contributed by atoms with Crippen molar-refractivity contribution in [2.24, 2.45) is 0 Å². The van der Waals surface area contributed by atoms with Crippen LogP contribution in [-0.4, -0.2) is 27.7 Å². The molecule has 0 atom stereocenters. The second-order valence-electron chi connectivity index (χ2n) is 6.34. The van der Waals surface area contributed by atoms with Gasteiger partial charge in [0, 0.05) is 6.20 Å². The van der Waals surface area contributed by atoms with Crippen LogP contribution in [0.1, 0.15) is 35.3 Å². The van der Waals surface area contributed by atoms with Crippen molar-refractivity contribution in [1.29, 1.82) is 0 Å². The van der Waals surface area contributed by atoms with E-state index in [4.69, 9.17) is 0 Å². The summed E-state index contributed by atoms with van der Waals surface area (Å²) in [4.78, 5) is 24.8. The van der Waals surface area contributed by atoms with Gasteiger partial charge in [-0.3, -0.25) is 9.59 Å². The SMILES string of the molecule is Cc1cccc(Cn2cccc(C(=O)NC(C)(C)CO)c2=O)c1. The molecule has 1 amide bonds. The van der Waals surface area contributed by atoms with Crippen molar-refractivity contribution in [3.8, 4) is 0 Å². The fraction of sp³-hybridized carbons (Fsp3) is 0.333. The Hall–Kier alpha value is -2.40. The third-order valence-corrected chi connectivity index (χ3v) is 3.55. The van der Waals surface area contributed by atoms with E-state index in [1.807, 2.05) is 31.2 Å². The van der Waals surface area contributed by atoms with E-state index in [1.165, 1.54) is 10.6 Å². The van der Waals surface area contributed by atoms with Gasteiger partial charge in [0.15, 0.2) is 0 Å². The highest BCUT2D eigenvalue weighted by Gasteiger charge is 2.22. The molecule has 23 heavy (non-hydrogen) atoms. The number of aryl methyl sites for hydroxylation is 1. The number of nitrogens with one attached hydrogen (secondary N) is 1. The van der Waals surface area contributed by atoms with Gasteiger partial charge in [-0.25, -0.2) is 0 Å². The molecule has 122 valence electrons. The number of hydrogen-bond donors (Lipinski definition) is 2. The van der Waals surface area contributed by atoms with Crippen molar-refractivity contribution in [2.45, 2.75) is 32.9 Å². The Morgan fingerprint density at radius 2 is 2.00 bits per heavy atom. The van der Waals surface area contributed by atoms with Crippen LogP contribution in [-0.2, 0) is 6.54 Å². The summed E-state index contributed by atoms with van der Waals surface area (Å²) >= 11 is 0. The van der Waals surface area contributed by atoms with Crippen LogP contribution in [0.2, 0.25) is 0 Å². The Morgan fingerprint density at radius 1 is 1.26 bits per heavy atom. The van der Waals surface area contributed by atoms with E-state index in [9.17, 15) is 14.7 Å². The fourth-order valence-electron chi connectivity index (χ4n) is 2.26. The van der Waals surface area contributed by atoms with Gasteiger partial charge in [-0.2, -0.15) is 0 Å². The molecule has 2 rings (SSSR count). The smallest absolute Gasteiger partial charge is 0.263 e. The van der Waals surface area contributed by atoms with Crippen LogP contribution in [0.25, 0.3) is 0 Å². The number of rotatable bonds is 5. The van der Waals surface area contributed by atoms with Gasteiger partial charge in [-0.1, -0.05) is 29.8 Å². The molecule has 0 aliphatic heterocycles. The highest BCUT2D eigenvalue weighted by molar-refractivity contribution is 5.94. The Morgan fingerprint density at radius 3 is 2.65 bits per heavy atom. The van der Waals surface area contributed by atoms with Crippen molar-refractivity contribution in [3.05, 3.63) is 69.6 Å².